The second-order valence-electron chi connectivity index (χ2n) is 12.2. The molecule has 2 aliphatic rings. The van der Waals surface area contributed by atoms with Gasteiger partial charge in [-0.2, -0.15) is 0 Å². The topological polar surface area (TPSA) is 74.6 Å². The highest BCUT2D eigenvalue weighted by Gasteiger charge is 2.28. The molecule has 0 amide bonds. The monoisotopic (exact) mass is 562 g/mol. The number of fused-ring (bicyclic) bond motifs is 1. The van der Waals surface area contributed by atoms with Gasteiger partial charge < -0.3 is 10.2 Å². The zero-order chi connectivity index (χ0) is 29.3. The first-order valence-electron chi connectivity index (χ1n) is 15.7. The number of carbonyl (C=O) groups is 2. The minimum atomic E-state index is -0.875. The Morgan fingerprint density at radius 2 is 1.60 bits per heavy atom. The first-order chi connectivity index (χ1) is 20.5. The molecule has 1 saturated carbocycles. The third-order valence-corrected chi connectivity index (χ3v) is 9.07. The van der Waals surface area contributed by atoms with Crippen LogP contribution in [0.2, 0.25) is 0 Å². The molecule has 42 heavy (non-hydrogen) atoms. The summed E-state index contributed by atoms with van der Waals surface area (Å²) in [6.07, 6.45) is 12.4. The van der Waals surface area contributed by atoms with E-state index in [1.54, 1.807) is 6.07 Å². The van der Waals surface area contributed by atoms with Crippen LogP contribution < -0.4 is 0 Å². The zero-order valence-corrected chi connectivity index (χ0v) is 24.5. The maximum Gasteiger partial charge on any atom is 0.335 e. The van der Waals surface area contributed by atoms with Gasteiger partial charge in [-0.3, -0.25) is 4.79 Å². The van der Waals surface area contributed by atoms with E-state index >= 15 is 0 Å². The van der Waals surface area contributed by atoms with E-state index in [-0.39, 0.29) is 6.42 Å². The van der Waals surface area contributed by atoms with E-state index in [9.17, 15) is 14.7 Å². The van der Waals surface area contributed by atoms with Gasteiger partial charge >= 0.3 is 11.9 Å². The van der Waals surface area contributed by atoms with E-state index in [2.05, 4.69) is 60.4 Å². The van der Waals surface area contributed by atoms with Crippen molar-refractivity contribution in [3.05, 3.63) is 106 Å². The lowest BCUT2D eigenvalue weighted by Crippen LogP contribution is -2.20. The summed E-state index contributed by atoms with van der Waals surface area (Å²) < 4.78 is 0. The van der Waals surface area contributed by atoms with Crippen LogP contribution in [0.25, 0.3) is 0 Å². The number of benzene rings is 3. The van der Waals surface area contributed by atoms with Gasteiger partial charge in [-0.15, -0.1) is 0 Å². The Morgan fingerprint density at radius 1 is 0.833 bits per heavy atom. The van der Waals surface area contributed by atoms with Crippen LogP contribution >= 0.6 is 0 Å². The summed E-state index contributed by atoms with van der Waals surface area (Å²) in [5.41, 5.74) is 8.07. The van der Waals surface area contributed by atoms with Crippen molar-refractivity contribution in [1.29, 1.82) is 0 Å². The van der Waals surface area contributed by atoms with Gasteiger partial charge in [0.2, 0.25) is 0 Å². The van der Waals surface area contributed by atoms with Gasteiger partial charge in [-0.25, -0.2) is 4.79 Å². The van der Waals surface area contributed by atoms with Gasteiger partial charge in [0.1, 0.15) is 0 Å². The Kier molecular flexibility index (Phi) is 10.1. The van der Waals surface area contributed by atoms with E-state index < -0.39 is 11.9 Å². The summed E-state index contributed by atoms with van der Waals surface area (Å²) >= 11 is 0. The van der Waals surface area contributed by atoms with Crippen LogP contribution in [0.1, 0.15) is 107 Å². The van der Waals surface area contributed by atoms with Crippen molar-refractivity contribution < 1.29 is 19.8 Å². The van der Waals surface area contributed by atoms with Crippen LogP contribution in [-0.4, -0.2) is 22.2 Å². The highest BCUT2D eigenvalue weighted by Crippen LogP contribution is 2.41. The molecule has 1 fully saturated rings. The molecule has 0 spiro atoms. The van der Waals surface area contributed by atoms with Crippen LogP contribution in [0.4, 0.5) is 0 Å². The first-order valence-corrected chi connectivity index (χ1v) is 15.7. The standard InChI is InChI=1S/C38H42O4/c39-37(40)11-4-3-8-32(35-10-5-9-33-26-34(38(41)42)24-25-36(33)35)23-22-31-7-2-1-6-30(31)21-20-29-18-16-28(17-19-29)15-14-27-12-13-27/h1-2,6-7,16-19,24-27,32,35H,3-5,8-13,20-23H2,(H,39,40)(H,41,42). The average Bonchev–Trinajstić information content (AvgIpc) is 3.83. The third-order valence-electron chi connectivity index (χ3n) is 9.07. The molecule has 0 aliphatic heterocycles. The summed E-state index contributed by atoms with van der Waals surface area (Å²) in [6.45, 7) is 0. The lowest BCUT2D eigenvalue weighted by Gasteiger charge is -2.33. The molecular weight excluding hydrogens is 520 g/mol. The average molecular weight is 563 g/mol. The quantitative estimate of drug-likeness (QED) is 0.162. The number of hydrogen-bond donors (Lipinski definition) is 2. The highest BCUT2D eigenvalue weighted by atomic mass is 16.4. The first kappa shape index (κ1) is 29.6. The van der Waals surface area contributed by atoms with Crippen molar-refractivity contribution >= 4 is 11.9 Å². The van der Waals surface area contributed by atoms with Gasteiger partial charge in [0.15, 0.2) is 0 Å². The molecule has 2 aliphatic carbocycles. The molecule has 4 nitrogen and oxygen atoms in total. The number of aromatic carboxylic acids is 1. The summed E-state index contributed by atoms with van der Waals surface area (Å²) in [6, 6.07) is 23.2. The molecule has 2 N–H and O–H groups in total. The van der Waals surface area contributed by atoms with E-state index in [1.165, 1.54) is 40.7 Å². The van der Waals surface area contributed by atoms with Crippen LogP contribution in [0.5, 0.6) is 0 Å². The van der Waals surface area contributed by atoms with Crippen molar-refractivity contribution in [2.24, 2.45) is 11.8 Å². The van der Waals surface area contributed by atoms with Crippen LogP contribution in [0.15, 0.2) is 66.7 Å². The summed E-state index contributed by atoms with van der Waals surface area (Å²) in [7, 11) is 0. The lowest BCUT2D eigenvalue weighted by atomic mass is 9.72. The van der Waals surface area contributed by atoms with Crippen molar-refractivity contribution in [2.45, 2.75) is 89.4 Å². The molecule has 0 radical (unpaired) electrons. The summed E-state index contributed by atoms with van der Waals surface area (Å²) in [4.78, 5) is 22.7. The number of unbranched alkanes of at least 4 members (excludes halogenated alkanes) is 1. The normalized spacial score (nSPS) is 16.6. The van der Waals surface area contributed by atoms with Crippen molar-refractivity contribution in [3.63, 3.8) is 0 Å². The molecule has 2 atom stereocenters. The van der Waals surface area contributed by atoms with Gasteiger partial charge in [0, 0.05) is 17.9 Å². The predicted octanol–water partition coefficient (Wildman–Crippen LogP) is 8.25. The Morgan fingerprint density at radius 3 is 2.31 bits per heavy atom. The fraction of sp³-hybridized carbons (Fsp3) is 0.421. The molecule has 0 heterocycles. The fourth-order valence-corrected chi connectivity index (χ4v) is 6.54. The van der Waals surface area contributed by atoms with E-state index in [0.29, 0.717) is 29.7 Å². The van der Waals surface area contributed by atoms with E-state index in [1.807, 2.05) is 12.1 Å². The maximum atomic E-state index is 11.6. The minimum absolute atomic E-state index is 0.215. The Labute approximate surface area is 250 Å². The van der Waals surface area contributed by atoms with Crippen LogP contribution in [0, 0.1) is 23.7 Å². The molecule has 4 heteroatoms. The van der Waals surface area contributed by atoms with Gasteiger partial charge in [-0.1, -0.05) is 60.7 Å². The van der Waals surface area contributed by atoms with Gasteiger partial charge in [-0.05, 0) is 135 Å². The Hall–Kier alpha value is -3.84. The maximum absolute atomic E-state index is 11.6. The second-order valence-corrected chi connectivity index (χ2v) is 12.2. The Balaban J connectivity index is 1.26. The molecule has 3 aromatic carbocycles. The highest BCUT2D eigenvalue weighted by molar-refractivity contribution is 5.88. The predicted molar refractivity (Wildman–Crippen MR) is 167 cm³/mol. The SMILES string of the molecule is O=C(O)CCCCC(CCc1ccccc1CCc1ccc(C#CC2CC2)cc1)C1CCCc2cc(C(=O)O)ccc21. The smallest absolute Gasteiger partial charge is 0.335 e. The molecule has 0 bridgehead atoms. The molecular formula is C38H42O4. The molecule has 5 rings (SSSR count). The minimum Gasteiger partial charge on any atom is -0.481 e. The number of carboxylic acid groups (broad SMARTS) is 2. The number of aryl methyl sites for hydroxylation is 4. The van der Waals surface area contributed by atoms with Crippen LogP contribution in [-0.2, 0) is 30.5 Å². The van der Waals surface area contributed by atoms with E-state index in [0.717, 1.165) is 63.4 Å². The van der Waals surface area contributed by atoms with E-state index in [4.69, 9.17) is 5.11 Å². The van der Waals surface area contributed by atoms with Crippen molar-refractivity contribution in [3.8, 4) is 11.8 Å². The summed E-state index contributed by atoms with van der Waals surface area (Å²) in [5, 5.41) is 18.7. The van der Waals surface area contributed by atoms with Gasteiger partial charge in [0.25, 0.3) is 0 Å². The molecule has 3 aromatic rings. The van der Waals surface area contributed by atoms with Gasteiger partial charge in [0.05, 0.1) is 5.56 Å². The second kappa shape index (κ2) is 14.4. The number of carboxylic acids is 2. The Bertz CT molecular complexity index is 1440. The summed E-state index contributed by atoms with van der Waals surface area (Å²) in [5.74, 6) is 6.47. The number of hydrogen-bond acceptors (Lipinski definition) is 2. The van der Waals surface area contributed by atoms with Crippen molar-refractivity contribution in [1.82, 2.24) is 0 Å². The molecule has 0 aromatic heterocycles. The zero-order valence-electron chi connectivity index (χ0n) is 24.5. The fourth-order valence-electron chi connectivity index (χ4n) is 6.54. The van der Waals surface area contributed by atoms with Crippen LogP contribution in [0.3, 0.4) is 0 Å². The molecule has 0 saturated heterocycles. The molecule has 2 unspecified atom stereocenters. The van der Waals surface area contributed by atoms with Crippen molar-refractivity contribution in [2.75, 3.05) is 0 Å². The number of rotatable bonds is 13. The third kappa shape index (κ3) is 8.35. The number of aliphatic carboxylic acids is 1. The largest absolute Gasteiger partial charge is 0.481 e. The molecule has 218 valence electrons. The lowest BCUT2D eigenvalue weighted by molar-refractivity contribution is -0.137.